The molecule has 0 rings (SSSR count). The average molecular weight is 1590 g/mol. The van der Waals surface area contributed by atoms with Crippen molar-refractivity contribution < 1.29 is 75.8 Å². The van der Waals surface area contributed by atoms with Crippen LogP contribution in [0.3, 0.4) is 0 Å². The number of esters is 3. The van der Waals surface area contributed by atoms with Crippen molar-refractivity contribution in [2.75, 3.05) is 39.6 Å². The fourth-order valence-corrected chi connectivity index (χ4v) is 13.0. The van der Waals surface area contributed by atoms with Crippen LogP contribution in [0.1, 0.15) is 342 Å². The summed E-state index contributed by atoms with van der Waals surface area (Å²) < 4.78 is 61.3. The number of phosphoric ester groups is 2. The van der Waals surface area contributed by atoms with Gasteiger partial charge in [-0.2, -0.15) is 0 Å². The van der Waals surface area contributed by atoms with Gasteiger partial charge in [-0.25, -0.2) is 9.13 Å². The molecule has 18 heteroatoms. The van der Waals surface area contributed by atoms with E-state index in [1.165, 1.54) is 83.5 Å². The lowest BCUT2D eigenvalue weighted by molar-refractivity contribution is -0.161. The maximum atomic E-state index is 13.0. The first-order valence-electron chi connectivity index (χ1n) is 43.4. The minimum atomic E-state index is -4.95. The number of unbranched alkanes of at least 4 members (excludes halogenated alkanes) is 30. The lowest BCUT2D eigenvalue weighted by Gasteiger charge is -2.21. The summed E-state index contributed by atoms with van der Waals surface area (Å²) in [5.41, 5.74) is 0. The molecule has 0 aliphatic heterocycles. The van der Waals surface area contributed by atoms with Gasteiger partial charge in [0.05, 0.1) is 26.4 Å². The summed E-state index contributed by atoms with van der Waals surface area (Å²) in [6, 6.07) is 0. The second kappa shape index (κ2) is 84.3. The summed E-state index contributed by atoms with van der Waals surface area (Å²) in [6.45, 7) is 2.35. The Kier molecular flexibility index (Phi) is 80.4. The van der Waals surface area contributed by atoms with Gasteiger partial charge in [0, 0.05) is 19.3 Å². The van der Waals surface area contributed by atoms with E-state index in [2.05, 4.69) is 191 Å². The van der Waals surface area contributed by atoms with E-state index in [9.17, 15) is 43.5 Å². The lowest BCUT2D eigenvalue weighted by Crippen LogP contribution is -2.30. The van der Waals surface area contributed by atoms with Crippen molar-refractivity contribution in [1.82, 2.24) is 0 Å². The molecule has 0 fully saturated rings. The maximum absolute atomic E-state index is 13.0. The van der Waals surface area contributed by atoms with Gasteiger partial charge in [0.2, 0.25) is 0 Å². The van der Waals surface area contributed by atoms with E-state index in [0.29, 0.717) is 19.3 Å². The summed E-state index contributed by atoms with van der Waals surface area (Å²) in [6.07, 6.45) is 108. The number of phosphoric acid groups is 2. The molecule has 0 saturated carbocycles. The zero-order chi connectivity index (χ0) is 80.8. The van der Waals surface area contributed by atoms with Crippen LogP contribution in [0.25, 0.3) is 0 Å². The fourth-order valence-electron chi connectivity index (χ4n) is 11.4. The highest BCUT2D eigenvalue weighted by Crippen LogP contribution is 2.45. The van der Waals surface area contributed by atoms with Crippen LogP contribution in [0.15, 0.2) is 170 Å². The summed E-state index contributed by atoms with van der Waals surface area (Å²) in [4.78, 5) is 58.9. The molecule has 634 valence electrons. The Balaban J connectivity index is 4.55. The molecule has 0 aromatic heterocycles. The largest absolute Gasteiger partial charge is 0.472 e. The molecule has 0 bridgehead atoms. The first kappa shape index (κ1) is 106. The van der Waals surface area contributed by atoms with Gasteiger partial charge in [-0.1, -0.05) is 345 Å². The van der Waals surface area contributed by atoms with Crippen molar-refractivity contribution in [2.24, 2.45) is 0 Å². The molecule has 0 aliphatic carbocycles. The fraction of sp³-hybridized carbons (Fsp3) is 0.667. The van der Waals surface area contributed by atoms with Crippen molar-refractivity contribution in [3.8, 4) is 0 Å². The molecule has 0 aromatic carbocycles. The number of aliphatic hydroxyl groups excluding tert-OH is 2. The van der Waals surface area contributed by atoms with Gasteiger partial charge in [0.15, 0.2) is 6.10 Å². The average Bonchev–Trinajstić information content (AvgIpc) is 0.906. The highest BCUT2D eigenvalue weighted by atomic mass is 31.2. The Labute approximate surface area is 675 Å². The van der Waals surface area contributed by atoms with Gasteiger partial charge < -0.3 is 34.2 Å². The van der Waals surface area contributed by atoms with Crippen LogP contribution in [-0.2, 0) is 55.8 Å². The van der Waals surface area contributed by atoms with E-state index < -0.39 is 91.5 Å². The third-order valence-corrected chi connectivity index (χ3v) is 19.8. The number of carbonyl (C=O) groups excluding carboxylic acids is 3. The predicted octanol–water partition coefficient (Wildman–Crippen LogP) is 26.3. The Morgan fingerprint density at radius 3 is 0.712 bits per heavy atom. The zero-order valence-corrected chi connectivity index (χ0v) is 71.4. The zero-order valence-electron chi connectivity index (χ0n) is 69.6. The van der Waals surface area contributed by atoms with Gasteiger partial charge >= 0.3 is 33.6 Å². The molecule has 0 saturated heterocycles. The molecule has 5 unspecified atom stereocenters. The highest BCUT2D eigenvalue weighted by molar-refractivity contribution is 7.47. The number of rotatable bonds is 81. The smallest absolute Gasteiger partial charge is 0.463 e. The third-order valence-electron chi connectivity index (χ3n) is 17.9. The summed E-state index contributed by atoms with van der Waals surface area (Å²) in [7, 11) is -9.81. The number of hydrogen-bond donors (Lipinski definition) is 4. The predicted molar refractivity (Wildman–Crippen MR) is 463 cm³/mol. The van der Waals surface area contributed by atoms with Crippen molar-refractivity contribution in [3.05, 3.63) is 170 Å². The van der Waals surface area contributed by atoms with Gasteiger partial charge in [0.25, 0.3) is 0 Å². The van der Waals surface area contributed by atoms with Crippen LogP contribution in [0, 0.1) is 0 Å². The normalized spacial score (nSPS) is 14.7. The minimum Gasteiger partial charge on any atom is -0.463 e. The number of ether oxygens (including phenoxy) is 3. The summed E-state index contributed by atoms with van der Waals surface area (Å²) in [5, 5.41) is 20.7. The summed E-state index contributed by atoms with van der Waals surface area (Å²) >= 11 is 0. The van der Waals surface area contributed by atoms with Gasteiger partial charge in [-0.05, 0) is 148 Å². The first-order chi connectivity index (χ1) is 54.2. The molecule has 16 nitrogen and oxygen atoms in total. The van der Waals surface area contributed by atoms with Gasteiger partial charge in [-0.3, -0.25) is 32.5 Å². The van der Waals surface area contributed by atoms with E-state index in [1.54, 1.807) is 0 Å². The monoisotopic (exact) mass is 1590 g/mol. The van der Waals surface area contributed by atoms with E-state index in [1.807, 2.05) is 0 Å². The van der Waals surface area contributed by atoms with Crippen molar-refractivity contribution in [1.29, 1.82) is 0 Å². The number of allylic oxidation sites excluding steroid dienone is 28. The molecule has 4 N–H and O–H groups in total. The molecular weight excluding hydrogens is 1430 g/mol. The van der Waals surface area contributed by atoms with Crippen LogP contribution in [0.2, 0.25) is 0 Å². The molecule has 0 amide bonds. The lowest BCUT2D eigenvalue weighted by atomic mass is 10.0. The summed E-state index contributed by atoms with van der Waals surface area (Å²) in [5.74, 6) is -1.59. The molecular formula is C93H156O16P2. The van der Waals surface area contributed by atoms with Crippen molar-refractivity contribution >= 4 is 33.6 Å². The van der Waals surface area contributed by atoms with Crippen LogP contribution in [0.4, 0.5) is 0 Å². The Morgan fingerprint density at radius 1 is 0.252 bits per heavy atom. The van der Waals surface area contributed by atoms with Crippen LogP contribution < -0.4 is 0 Å². The minimum absolute atomic E-state index is 0.0868. The van der Waals surface area contributed by atoms with Crippen LogP contribution >= 0.6 is 15.6 Å². The molecule has 0 heterocycles. The second-order valence-corrected chi connectivity index (χ2v) is 31.5. The van der Waals surface area contributed by atoms with E-state index in [-0.39, 0.29) is 19.3 Å². The SMILES string of the molecule is CC/C=C\C/C=C\C/C=C\C/C=C\C/C=C\C/C=C\CCCCCCCCCCC(=O)OCC(COP(=O)(O)OCC(O)COP(=O)(O)OCC(O)COC(=O)CCCCCCCCCCCCCCCCC/C=C\C/C=C\C/C=C\C/C=C\C/C=C\CC)OC(=O)CCCCCCCCC/C=C\C/C=C\C/C=C\CC. The Hall–Kier alpha value is -5.09. The van der Waals surface area contributed by atoms with Gasteiger partial charge in [-0.15, -0.1) is 0 Å². The maximum Gasteiger partial charge on any atom is 0.472 e. The molecule has 0 aromatic rings. The topological polar surface area (TPSA) is 231 Å². The first-order valence-corrected chi connectivity index (χ1v) is 46.4. The number of carbonyl (C=O) groups is 3. The van der Waals surface area contributed by atoms with E-state index >= 15 is 0 Å². The number of aliphatic hydroxyl groups is 2. The molecule has 0 radical (unpaired) electrons. The molecule has 0 spiro atoms. The standard InChI is InChI=1S/C93H156O16P2/c1-4-7-10-13-16-19-22-25-28-31-33-35-37-39-41-42-43-44-46-48-49-51-53-56-58-61-64-67-70-73-76-79-91(96)103-82-88(94)83-105-110(99,100)106-84-89(95)85-107-111(101,102)108-87-90(109-93(98)81-78-75-72-69-66-63-60-55-30-27-24-21-18-15-12-9-6-3)86-104-92(97)80-77-74-71-68-65-62-59-57-54-52-50-47-45-40-38-36-34-32-29-26-23-20-17-14-11-8-5-2/h7-12,16-21,25-30,33-36,39-41,45,50,52,88-90,94-95H,4-6,13-15,22-24,31-32,37-38,42-44,46-49,51,53-87H2,1-3H3,(H,99,100)(H,101,102)/b10-7-,11-8-,12-9-,19-16-,20-17-,21-18-,28-25-,29-26-,30-27-,35-33-,36-34-,41-39-,45-40-,52-50-. The van der Waals surface area contributed by atoms with Crippen molar-refractivity contribution in [2.45, 2.75) is 360 Å². The highest BCUT2D eigenvalue weighted by Gasteiger charge is 2.29. The Bertz CT molecular complexity index is 2700. The Morgan fingerprint density at radius 2 is 0.450 bits per heavy atom. The molecule has 111 heavy (non-hydrogen) atoms. The third kappa shape index (κ3) is 85.6. The van der Waals surface area contributed by atoms with Crippen LogP contribution in [0.5, 0.6) is 0 Å². The van der Waals surface area contributed by atoms with Gasteiger partial charge in [0.1, 0.15) is 25.4 Å². The number of hydrogen-bond acceptors (Lipinski definition) is 14. The molecule has 5 atom stereocenters. The quantitative estimate of drug-likeness (QED) is 0.0146. The van der Waals surface area contributed by atoms with E-state index in [0.717, 1.165) is 199 Å². The van der Waals surface area contributed by atoms with E-state index in [4.69, 9.17) is 32.3 Å². The molecule has 0 aliphatic rings. The van der Waals surface area contributed by atoms with Crippen LogP contribution in [-0.4, -0.2) is 95.9 Å². The second-order valence-electron chi connectivity index (χ2n) is 28.5. The van der Waals surface area contributed by atoms with Crippen molar-refractivity contribution in [3.63, 3.8) is 0 Å².